The van der Waals surface area contributed by atoms with Crippen LogP contribution in [0.4, 0.5) is 17.1 Å². The van der Waals surface area contributed by atoms with Crippen molar-refractivity contribution < 1.29 is 9.59 Å². The van der Waals surface area contributed by atoms with Crippen molar-refractivity contribution in [2.75, 3.05) is 34.8 Å². The Morgan fingerprint density at radius 2 is 1.65 bits per heavy atom. The number of hydrogen-bond donors (Lipinski definition) is 1. The number of amides is 2. The quantitative estimate of drug-likeness (QED) is 0.792. The summed E-state index contributed by atoms with van der Waals surface area (Å²) >= 11 is 5.98. The molecule has 2 rings (SSSR count). The lowest BCUT2D eigenvalue weighted by Gasteiger charge is -2.22. The van der Waals surface area contributed by atoms with Crippen LogP contribution in [0.2, 0.25) is 5.02 Å². The molecule has 0 aliphatic heterocycles. The van der Waals surface area contributed by atoms with Gasteiger partial charge < -0.3 is 15.1 Å². The fraction of sp³-hybridized carbons (Fsp3) is 0.300. The van der Waals surface area contributed by atoms with Crippen molar-refractivity contribution in [3.8, 4) is 0 Å². The summed E-state index contributed by atoms with van der Waals surface area (Å²) in [7, 11) is 0. The van der Waals surface area contributed by atoms with Crippen LogP contribution < -0.4 is 15.1 Å². The Morgan fingerprint density at radius 1 is 1.00 bits per heavy atom. The molecule has 2 amide bonds. The highest BCUT2D eigenvalue weighted by Crippen LogP contribution is 2.20. The molecule has 0 unspecified atom stereocenters. The summed E-state index contributed by atoms with van der Waals surface area (Å²) in [5.41, 5.74) is 2.40. The second kappa shape index (κ2) is 9.25. The zero-order valence-corrected chi connectivity index (χ0v) is 16.1. The minimum absolute atomic E-state index is 0.0759. The van der Waals surface area contributed by atoms with E-state index >= 15 is 0 Å². The topological polar surface area (TPSA) is 52.7 Å². The average molecular weight is 374 g/mol. The lowest BCUT2D eigenvalue weighted by atomic mass is 10.2. The summed E-state index contributed by atoms with van der Waals surface area (Å²) in [6, 6.07) is 14.6. The monoisotopic (exact) mass is 373 g/mol. The van der Waals surface area contributed by atoms with E-state index in [-0.39, 0.29) is 18.4 Å². The molecule has 2 aromatic carbocycles. The van der Waals surface area contributed by atoms with Gasteiger partial charge in [-0.15, -0.1) is 0 Å². The van der Waals surface area contributed by atoms with Crippen molar-refractivity contribution in [1.82, 2.24) is 0 Å². The molecule has 2 aromatic rings. The van der Waals surface area contributed by atoms with Crippen molar-refractivity contribution in [2.45, 2.75) is 20.8 Å². The van der Waals surface area contributed by atoms with Gasteiger partial charge in [0, 0.05) is 42.1 Å². The highest BCUT2D eigenvalue weighted by Gasteiger charge is 2.16. The molecule has 0 fully saturated rings. The van der Waals surface area contributed by atoms with Crippen LogP contribution in [0, 0.1) is 0 Å². The smallest absolute Gasteiger partial charge is 0.244 e. The van der Waals surface area contributed by atoms with E-state index in [4.69, 9.17) is 11.6 Å². The Morgan fingerprint density at radius 3 is 2.19 bits per heavy atom. The number of hydrogen-bond acceptors (Lipinski definition) is 3. The number of carbonyl (C=O) groups excluding carboxylic acids is 2. The number of anilines is 3. The van der Waals surface area contributed by atoms with E-state index in [9.17, 15) is 9.59 Å². The number of nitrogens with one attached hydrogen (secondary N) is 1. The maximum atomic E-state index is 12.4. The van der Waals surface area contributed by atoms with Crippen molar-refractivity contribution in [3.63, 3.8) is 0 Å². The SMILES string of the molecule is CCN(CC)c1ccc(NC(=O)CN(C(C)=O)c2cccc(Cl)c2)cc1. The number of benzene rings is 2. The first-order valence-electron chi connectivity index (χ1n) is 8.63. The molecule has 0 heterocycles. The third-order valence-electron chi connectivity index (χ3n) is 4.08. The van der Waals surface area contributed by atoms with Gasteiger partial charge in [-0.25, -0.2) is 0 Å². The third-order valence-corrected chi connectivity index (χ3v) is 4.32. The molecule has 5 nitrogen and oxygen atoms in total. The first-order chi connectivity index (χ1) is 12.4. The highest BCUT2D eigenvalue weighted by atomic mass is 35.5. The summed E-state index contributed by atoms with van der Waals surface area (Å²) < 4.78 is 0. The molecular formula is C20H24ClN3O2. The van der Waals surface area contributed by atoms with Crippen LogP contribution in [-0.2, 0) is 9.59 Å². The van der Waals surface area contributed by atoms with E-state index in [0.29, 0.717) is 16.4 Å². The largest absolute Gasteiger partial charge is 0.372 e. The van der Waals surface area contributed by atoms with E-state index in [1.165, 1.54) is 11.8 Å². The van der Waals surface area contributed by atoms with Crippen LogP contribution in [0.5, 0.6) is 0 Å². The first-order valence-corrected chi connectivity index (χ1v) is 9.01. The number of halogens is 1. The maximum Gasteiger partial charge on any atom is 0.244 e. The van der Waals surface area contributed by atoms with Crippen LogP contribution in [-0.4, -0.2) is 31.4 Å². The van der Waals surface area contributed by atoms with Gasteiger partial charge in [-0.2, -0.15) is 0 Å². The molecule has 0 saturated carbocycles. The van der Waals surface area contributed by atoms with Crippen LogP contribution in [0.1, 0.15) is 20.8 Å². The van der Waals surface area contributed by atoms with Gasteiger partial charge in [0.25, 0.3) is 0 Å². The van der Waals surface area contributed by atoms with Gasteiger partial charge in [0.1, 0.15) is 6.54 Å². The standard InChI is InChI=1S/C20H24ClN3O2/c1-4-23(5-2)18-11-9-17(10-12-18)22-20(26)14-24(15(3)25)19-8-6-7-16(21)13-19/h6-13H,4-5,14H2,1-3H3,(H,22,26). The fourth-order valence-corrected chi connectivity index (χ4v) is 2.90. The summed E-state index contributed by atoms with van der Waals surface area (Å²) in [6.07, 6.45) is 0. The Bertz CT molecular complexity index is 758. The minimum atomic E-state index is -0.268. The maximum absolute atomic E-state index is 12.4. The van der Waals surface area contributed by atoms with Crippen LogP contribution in [0.25, 0.3) is 0 Å². The van der Waals surface area contributed by atoms with Crippen molar-refractivity contribution in [2.24, 2.45) is 0 Å². The predicted octanol–water partition coefficient (Wildman–Crippen LogP) is 4.18. The van der Waals surface area contributed by atoms with Gasteiger partial charge in [0.05, 0.1) is 0 Å². The van der Waals surface area contributed by atoms with Gasteiger partial charge in [-0.3, -0.25) is 9.59 Å². The Hall–Kier alpha value is -2.53. The summed E-state index contributed by atoms with van der Waals surface area (Å²) in [4.78, 5) is 27.9. The molecule has 1 N–H and O–H groups in total. The Balaban J connectivity index is 2.05. The molecular weight excluding hydrogens is 350 g/mol. The number of nitrogens with zero attached hydrogens (tertiary/aromatic N) is 2. The van der Waals surface area contributed by atoms with Crippen molar-refractivity contribution >= 4 is 40.5 Å². The van der Waals surface area contributed by atoms with Crippen LogP contribution in [0.15, 0.2) is 48.5 Å². The lowest BCUT2D eigenvalue weighted by Crippen LogP contribution is -2.36. The van der Waals surface area contributed by atoms with E-state index in [1.54, 1.807) is 24.3 Å². The highest BCUT2D eigenvalue weighted by molar-refractivity contribution is 6.31. The van der Waals surface area contributed by atoms with Gasteiger partial charge in [0.2, 0.25) is 11.8 Å². The van der Waals surface area contributed by atoms with Crippen LogP contribution in [0.3, 0.4) is 0 Å². The van der Waals surface area contributed by atoms with E-state index < -0.39 is 0 Å². The predicted molar refractivity (Wildman–Crippen MR) is 108 cm³/mol. The number of carbonyl (C=O) groups is 2. The molecule has 0 aromatic heterocycles. The normalized spacial score (nSPS) is 10.3. The summed E-state index contributed by atoms with van der Waals surface area (Å²) in [6.45, 7) is 7.40. The average Bonchev–Trinajstić information content (AvgIpc) is 2.62. The molecule has 0 saturated heterocycles. The molecule has 138 valence electrons. The van der Waals surface area contributed by atoms with Gasteiger partial charge >= 0.3 is 0 Å². The Kier molecular flexibility index (Phi) is 7.04. The molecule has 26 heavy (non-hydrogen) atoms. The first kappa shape index (κ1) is 19.8. The van der Waals surface area contributed by atoms with Gasteiger partial charge in [-0.05, 0) is 56.3 Å². The van der Waals surface area contributed by atoms with Crippen molar-refractivity contribution in [1.29, 1.82) is 0 Å². The van der Waals surface area contributed by atoms with Crippen LogP contribution >= 0.6 is 11.6 Å². The third kappa shape index (κ3) is 5.23. The fourth-order valence-electron chi connectivity index (χ4n) is 2.72. The molecule has 0 radical (unpaired) electrons. The zero-order valence-electron chi connectivity index (χ0n) is 15.3. The lowest BCUT2D eigenvalue weighted by molar-refractivity contribution is -0.120. The molecule has 0 aliphatic rings. The number of rotatable bonds is 7. The molecule has 0 spiro atoms. The Labute approximate surface area is 159 Å². The second-order valence-corrected chi connectivity index (χ2v) is 6.29. The van der Waals surface area contributed by atoms with Gasteiger partial charge in [0.15, 0.2) is 0 Å². The summed E-state index contributed by atoms with van der Waals surface area (Å²) in [5.74, 6) is -0.491. The molecule has 0 atom stereocenters. The van der Waals surface area contributed by atoms with Gasteiger partial charge in [-0.1, -0.05) is 17.7 Å². The van der Waals surface area contributed by atoms with Crippen molar-refractivity contribution in [3.05, 3.63) is 53.6 Å². The minimum Gasteiger partial charge on any atom is -0.372 e. The molecule has 6 heteroatoms. The van der Waals surface area contributed by atoms with E-state index in [2.05, 4.69) is 24.1 Å². The summed E-state index contributed by atoms with van der Waals surface area (Å²) in [5, 5.41) is 3.34. The second-order valence-electron chi connectivity index (χ2n) is 5.85. The molecule has 0 bridgehead atoms. The zero-order chi connectivity index (χ0) is 19.1. The van der Waals surface area contributed by atoms with E-state index in [0.717, 1.165) is 18.8 Å². The molecule has 0 aliphatic carbocycles. The van der Waals surface area contributed by atoms with E-state index in [1.807, 2.05) is 24.3 Å².